The van der Waals surface area contributed by atoms with E-state index in [1.165, 1.54) is 22.3 Å². The molecule has 0 amide bonds. The zero-order valence-electron chi connectivity index (χ0n) is 17.7. The molecule has 0 N–H and O–H groups in total. The maximum Gasteiger partial charge on any atom is 0.169 e. The van der Waals surface area contributed by atoms with Crippen molar-refractivity contribution in [2.45, 2.75) is 25.7 Å². The van der Waals surface area contributed by atoms with Crippen LogP contribution in [0.1, 0.15) is 22.3 Å². The van der Waals surface area contributed by atoms with Gasteiger partial charge in [0.05, 0.1) is 7.11 Å². The maximum atomic E-state index is 6.09. The average molecular weight is 411 g/mol. The van der Waals surface area contributed by atoms with Crippen molar-refractivity contribution < 1.29 is 9.47 Å². The molecule has 156 valence electrons. The fourth-order valence-corrected chi connectivity index (χ4v) is 3.48. The van der Waals surface area contributed by atoms with E-state index in [0.717, 1.165) is 42.9 Å². The fraction of sp³-hybridized carbons (Fsp3) is 0.185. The van der Waals surface area contributed by atoms with Crippen LogP contribution in [0.3, 0.4) is 0 Å². The van der Waals surface area contributed by atoms with Gasteiger partial charge in [0.15, 0.2) is 11.5 Å². The van der Waals surface area contributed by atoms with E-state index in [1.54, 1.807) is 7.11 Å². The monoisotopic (exact) mass is 410 g/mol. The minimum Gasteiger partial charge on any atom is -0.493 e. The Morgan fingerprint density at radius 2 is 1.03 bits per heavy atom. The van der Waals surface area contributed by atoms with Crippen LogP contribution in [0.2, 0.25) is 0 Å². The molecule has 4 nitrogen and oxygen atoms in total. The molecule has 2 heterocycles. The first-order chi connectivity index (χ1) is 15.3. The standard InChI is InChI=1S/C27H26N2O2/c1-30-27-20-24(5-4-23-14-18-29-19-15-23)8-11-26(27)31-25-9-6-21(7-10-25)2-3-22-12-16-28-17-13-22/h6-20H,2-5H2,1H3. The summed E-state index contributed by atoms with van der Waals surface area (Å²) in [6.45, 7) is 0. The molecule has 0 spiro atoms. The molecule has 0 saturated carbocycles. The Morgan fingerprint density at radius 1 is 0.548 bits per heavy atom. The number of benzene rings is 2. The molecule has 2 aromatic carbocycles. The van der Waals surface area contributed by atoms with Gasteiger partial charge in [0, 0.05) is 24.8 Å². The van der Waals surface area contributed by atoms with Gasteiger partial charge in [-0.2, -0.15) is 0 Å². The van der Waals surface area contributed by atoms with Gasteiger partial charge in [-0.05, 0) is 96.5 Å². The lowest BCUT2D eigenvalue weighted by atomic mass is 10.0. The average Bonchev–Trinajstić information content (AvgIpc) is 2.84. The zero-order chi connectivity index (χ0) is 21.3. The van der Waals surface area contributed by atoms with Crippen LogP contribution in [0.5, 0.6) is 17.2 Å². The van der Waals surface area contributed by atoms with Crippen LogP contribution in [0.15, 0.2) is 91.5 Å². The summed E-state index contributed by atoms with van der Waals surface area (Å²) in [6.07, 6.45) is 11.2. The summed E-state index contributed by atoms with van der Waals surface area (Å²) in [6, 6.07) is 22.6. The van der Waals surface area contributed by atoms with Gasteiger partial charge in [-0.1, -0.05) is 18.2 Å². The first-order valence-corrected chi connectivity index (χ1v) is 10.5. The second-order valence-corrected chi connectivity index (χ2v) is 7.44. The predicted octanol–water partition coefficient (Wildman–Crippen LogP) is 5.85. The summed E-state index contributed by atoms with van der Waals surface area (Å²) in [4.78, 5) is 8.14. The van der Waals surface area contributed by atoms with Crippen molar-refractivity contribution in [2.75, 3.05) is 7.11 Å². The summed E-state index contributed by atoms with van der Waals surface area (Å²) in [5.41, 5.74) is 5.07. The Balaban J connectivity index is 1.36. The molecule has 0 aliphatic rings. The lowest BCUT2D eigenvalue weighted by Crippen LogP contribution is -1.95. The van der Waals surface area contributed by atoms with Crippen molar-refractivity contribution >= 4 is 0 Å². The maximum absolute atomic E-state index is 6.09. The summed E-state index contributed by atoms with van der Waals surface area (Å²) >= 11 is 0. The first-order valence-electron chi connectivity index (χ1n) is 10.5. The third kappa shape index (κ3) is 5.92. The molecule has 0 atom stereocenters. The minimum absolute atomic E-state index is 0.722. The SMILES string of the molecule is COc1cc(CCc2ccncc2)ccc1Oc1ccc(CCc2ccncc2)cc1. The molecule has 0 saturated heterocycles. The van der Waals surface area contributed by atoms with Crippen LogP contribution in [0, 0.1) is 0 Å². The molecule has 4 aromatic rings. The van der Waals surface area contributed by atoms with E-state index < -0.39 is 0 Å². The summed E-state index contributed by atoms with van der Waals surface area (Å²) in [5, 5.41) is 0. The first kappa shape index (κ1) is 20.6. The fourth-order valence-electron chi connectivity index (χ4n) is 3.48. The molecule has 0 aliphatic carbocycles. The number of ether oxygens (including phenoxy) is 2. The van der Waals surface area contributed by atoms with Gasteiger partial charge in [0.25, 0.3) is 0 Å². The molecule has 4 rings (SSSR count). The Bertz CT molecular complexity index is 1080. The van der Waals surface area contributed by atoms with E-state index in [4.69, 9.17) is 9.47 Å². The number of methoxy groups -OCH3 is 1. The topological polar surface area (TPSA) is 44.2 Å². The van der Waals surface area contributed by atoms with Crippen LogP contribution in [-0.2, 0) is 25.7 Å². The van der Waals surface area contributed by atoms with Crippen LogP contribution in [0.25, 0.3) is 0 Å². The molecule has 2 aromatic heterocycles. The number of rotatable bonds is 9. The molecule has 4 heteroatoms. The third-order valence-corrected chi connectivity index (χ3v) is 5.28. The van der Waals surface area contributed by atoms with Gasteiger partial charge in [0.1, 0.15) is 5.75 Å². The van der Waals surface area contributed by atoms with Gasteiger partial charge >= 0.3 is 0 Å². The van der Waals surface area contributed by atoms with E-state index in [2.05, 4.69) is 58.5 Å². The molecule has 31 heavy (non-hydrogen) atoms. The predicted molar refractivity (Wildman–Crippen MR) is 123 cm³/mol. The molecular weight excluding hydrogens is 384 g/mol. The number of hydrogen-bond acceptors (Lipinski definition) is 4. The molecular formula is C27H26N2O2. The quantitative estimate of drug-likeness (QED) is 0.347. The van der Waals surface area contributed by atoms with Gasteiger partial charge in [0.2, 0.25) is 0 Å². The van der Waals surface area contributed by atoms with Crippen LogP contribution >= 0.6 is 0 Å². The number of aryl methyl sites for hydroxylation is 4. The molecule has 0 bridgehead atoms. The van der Waals surface area contributed by atoms with Gasteiger partial charge < -0.3 is 9.47 Å². The van der Waals surface area contributed by atoms with Crippen molar-refractivity contribution in [3.05, 3.63) is 114 Å². The third-order valence-electron chi connectivity index (χ3n) is 5.28. The van der Waals surface area contributed by atoms with Crippen LogP contribution in [0.4, 0.5) is 0 Å². The smallest absolute Gasteiger partial charge is 0.169 e. The van der Waals surface area contributed by atoms with E-state index >= 15 is 0 Å². The second-order valence-electron chi connectivity index (χ2n) is 7.44. The molecule has 0 unspecified atom stereocenters. The minimum atomic E-state index is 0.722. The van der Waals surface area contributed by atoms with Crippen LogP contribution in [-0.4, -0.2) is 17.1 Å². The van der Waals surface area contributed by atoms with Gasteiger partial charge in [-0.3, -0.25) is 9.97 Å². The van der Waals surface area contributed by atoms with Gasteiger partial charge in [-0.15, -0.1) is 0 Å². The summed E-state index contributed by atoms with van der Waals surface area (Å²) in [7, 11) is 1.68. The molecule has 0 aliphatic heterocycles. The van der Waals surface area contributed by atoms with E-state index in [-0.39, 0.29) is 0 Å². The normalized spacial score (nSPS) is 10.6. The highest BCUT2D eigenvalue weighted by molar-refractivity contribution is 5.46. The number of pyridine rings is 2. The van der Waals surface area contributed by atoms with E-state index in [0.29, 0.717) is 0 Å². The molecule has 0 fully saturated rings. The lowest BCUT2D eigenvalue weighted by molar-refractivity contribution is 0.378. The Labute approximate surface area is 183 Å². The van der Waals surface area contributed by atoms with Gasteiger partial charge in [-0.25, -0.2) is 0 Å². The highest BCUT2D eigenvalue weighted by Crippen LogP contribution is 2.33. The van der Waals surface area contributed by atoms with Crippen molar-refractivity contribution in [1.82, 2.24) is 9.97 Å². The van der Waals surface area contributed by atoms with Crippen molar-refractivity contribution in [2.24, 2.45) is 0 Å². The Morgan fingerprint density at radius 3 is 1.58 bits per heavy atom. The van der Waals surface area contributed by atoms with Crippen molar-refractivity contribution in [3.63, 3.8) is 0 Å². The second kappa shape index (κ2) is 10.4. The number of aromatic nitrogens is 2. The highest BCUT2D eigenvalue weighted by atomic mass is 16.5. The largest absolute Gasteiger partial charge is 0.493 e. The molecule has 0 radical (unpaired) electrons. The van der Waals surface area contributed by atoms with E-state index in [9.17, 15) is 0 Å². The number of nitrogens with zero attached hydrogens (tertiary/aromatic N) is 2. The highest BCUT2D eigenvalue weighted by Gasteiger charge is 2.08. The lowest BCUT2D eigenvalue weighted by Gasteiger charge is -2.12. The zero-order valence-corrected chi connectivity index (χ0v) is 17.7. The summed E-state index contributed by atoms with van der Waals surface area (Å²) < 4.78 is 11.7. The number of hydrogen-bond donors (Lipinski definition) is 0. The Kier molecular flexibility index (Phi) is 6.91. The van der Waals surface area contributed by atoms with E-state index in [1.807, 2.05) is 43.0 Å². The van der Waals surface area contributed by atoms with Crippen molar-refractivity contribution in [1.29, 1.82) is 0 Å². The summed E-state index contributed by atoms with van der Waals surface area (Å²) in [5.74, 6) is 2.27. The van der Waals surface area contributed by atoms with Crippen molar-refractivity contribution in [3.8, 4) is 17.2 Å². The van der Waals surface area contributed by atoms with Crippen LogP contribution < -0.4 is 9.47 Å². The Hall–Kier alpha value is -3.66.